The predicted octanol–water partition coefficient (Wildman–Crippen LogP) is 0.828. The van der Waals surface area contributed by atoms with Crippen molar-refractivity contribution < 1.29 is 14.3 Å². The van der Waals surface area contributed by atoms with Crippen LogP contribution in [0.1, 0.15) is 31.2 Å². The van der Waals surface area contributed by atoms with Gasteiger partial charge in [0.1, 0.15) is 5.60 Å². The number of piperidine rings is 1. The molecular formula is C19H27N5O3. The third kappa shape index (κ3) is 2.99. The van der Waals surface area contributed by atoms with E-state index < -0.39 is 5.60 Å². The lowest BCUT2D eigenvalue weighted by atomic mass is 9.83. The van der Waals surface area contributed by atoms with E-state index in [1.807, 2.05) is 33.9 Å². The molecule has 8 heteroatoms. The third-order valence-corrected chi connectivity index (χ3v) is 6.61. The molecular weight excluding hydrogens is 346 g/mol. The van der Waals surface area contributed by atoms with Gasteiger partial charge >= 0.3 is 6.09 Å². The number of hydrogen-bond acceptors (Lipinski definition) is 5. The lowest BCUT2D eigenvalue weighted by molar-refractivity contribution is -0.136. The van der Waals surface area contributed by atoms with E-state index in [4.69, 9.17) is 4.74 Å². The monoisotopic (exact) mass is 373 g/mol. The van der Waals surface area contributed by atoms with Crippen molar-refractivity contribution in [2.45, 2.75) is 43.9 Å². The Labute approximate surface area is 159 Å². The van der Waals surface area contributed by atoms with Crippen LogP contribution in [0.3, 0.4) is 0 Å². The van der Waals surface area contributed by atoms with Crippen LogP contribution in [0.4, 0.5) is 4.79 Å². The quantitative estimate of drug-likeness (QED) is 0.785. The minimum Gasteiger partial charge on any atom is -0.440 e. The van der Waals surface area contributed by atoms with Crippen LogP contribution in [0, 0.1) is 5.92 Å². The maximum Gasteiger partial charge on any atom is 0.410 e. The number of hydrogen-bond donors (Lipinski definition) is 0. The van der Waals surface area contributed by atoms with Gasteiger partial charge in [-0.3, -0.25) is 19.3 Å². The average Bonchev–Trinajstić information content (AvgIpc) is 3.39. The Bertz CT molecular complexity index is 750. The highest BCUT2D eigenvalue weighted by Crippen LogP contribution is 2.41. The first-order valence-electron chi connectivity index (χ1n) is 10.0. The second kappa shape index (κ2) is 6.22. The molecule has 0 radical (unpaired) electrons. The predicted molar refractivity (Wildman–Crippen MR) is 96.7 cm³/mol. The summed E-state index contributed by atoms with van der Waals surface area (Å²) in [7, 11) is 1.93. The van der Waals surface area contributed by atoms with Gasteiger partial charge < -0.3 is 9.64 Å². The highest BCUT2D eigenvalue weighted by molar-refractivity contribution is 5.81. The van der Waals surface area contributed by atoms with Gasteiger partial charge in [0, 0.05) is 76.8 Å². The molecule has 1 aromatic heterocycles. The van der Waals surface area contributed by atoms with Gasteiger partial charge in [0.2, 0.25) is 5.91 Å². The van der Waals surface area contributed by atoms with Crippen LogP contribution in [0.25, 0.3) is 0 Å². The van der Waals surface area contributed by atoms with Gasteiger partial charge in [-0.15, -0.1) is 0 Å². The molecule has 1 unspecified atom stereocenters. The molecule has 1 spiro atoms. The zero-order chi connectivity index (χ0) is 18.6. The fourth-order valence-corrected chi connectivity index (χ4v) is 4.89. The zero-order valence-corrected chi connectivity index (χ0v) is 15.8. The Balaban J connectivity index is 1.27. The van der Waals surface area contributed by atoms with Crippen LogP contribution < -0.4 is 0 Å². The SMILES string of the molecule is Cn1cc(CN2CCN3C(=O)OC4(CCN(C(=O)C5CC5)CC4)C3C2)cn1. The molecule has 3 aliphatic heterocycles. The van der Waals surface area contributed by atoms with Crippen molar-refractivity contribution in [3.63, 3.8) is 0 Å². The molecule has 3 saturated heterocycles. The van der Waals surface area contributed by atoms with Gasteiger partial charge in [0.05, 0.1) is 12.2 Å². The van der Waals surface area contributed by atoms with Crippen molar-refractivity contribution in [2.75, 3.05) is 32.7 Å². The van der Waals surface area contributed by atoms with E-state index in [-0.39, 0.29) is 18.1 Å². The molecule has 2 amide bonds. The number of piperazine rings is 1. The molecule has 0 N–H and O–H groups in total. The van der Waals surface area contributed by atoms with Crippen LogP contribution >= 0.6 is 0 Å². The third-order valence-electron chi connectivity index (χ3n) is 6.61. The molecule has 27 heavy (non-hydrogen) atoms. The second-order valence-corrected chi connectivity index (χ2v) is 8.50. The number of aryl methyl sites for hydroxylation is 1. The van der Waals surface area contributed by atoms with Gasteiger partial charge in [0.25, 0.3) is 0 Å². The summed E-state index contributed by atoms with van der Waals surface area (Å²) in [6.07, 6.45) is 7.34. The first-order chi connectivity index (χ1) is 13.0. The molecule has 1 aliphatic carbocycles. The van der Waals surface area contributed by atoms with E-state index in [0.29, 0.717) is 25.5 Å². The molecule has 8 nitrogen and oxygen atoms in total. The summed E-state index contributed by atoms with van der Waals surface area (Å²) >= 11 is 0. The highest BCUT2D eigenvalue weighted by atomic mass is 16.6. The number of amides is 2. The topological polar surface area (TPSA) is 70.9 Å². The van der Waals surface area contributed by atoms with Crippen molar-refractivity contribution in [3.05, 3.63) is 18.0 Å². The smallest absolute Gasteiger partial charge is 0.410 e. The summed E-state index contributed by atoms with van der Waals surface area (Å²) in [5, 5.41) is 4.25. The fraction of sp³-hybridized carbons (Fsp3) is 0.737. The Morgan fingerprint density at radius 1 is 1.26 bits per heavy atom. The van der Waals surface area contributed by atoms with Crippen molar-refractivity contribution >= 4 is 12.0 Å². The molecule has 1 saturated carbocycles. The van der Waals surface area contributed by atoms with Crippen molar-refractivity contribution in [1.29, 1.82) is 0 Å². The van der Waals surface area contributed by atoms with Crippen LogP contribution in [0.5, 0.6) is 0 Å². The summed E-state index contributed by atoms with van der Waals surface area (Å²) in [6, 6.07) is 0.0774. The number of nitrogens with zero attached hydrogens (tertiary/aromatic N) is 5. The summed E-state index contributed by atoms with van der Waals surface area (Å²) < 4.78 is 7.77. The molecule has 1 atom stereocenters. The zero-order valence-electron chi connectivity index (χ0n) is 15.8. The Kier molecular flexibility index (Phi) is 3.93. The van der Waals surface area contributed by atoms with E-state index in [2.05, 4.69) is 10.00 Å². The largest absolute Gasteiger partial charge is 0.440 e. The number of aromatic nitrogens is 2. The first kappa shape index (κ1) is 17.0. The normalized spacial score (nSPS) is 27.7. The van der Waals surface area contributed by atoms with Gasteiger partial charge in [-0.25, -0.2) is 4.79 Å². The maximum atomic E-state index is 12.5. The summed E-state index contributed by atoms with van der Waals surface area (Å²) in [4.78, 5) is 31.1. The molecule has 5 rings (SSSR count). The van der Waals surface area contributed by atoms with Gasteiger partial charge in [-0.1, -0.05) is 0 Å². The first-order valence-corrected chi connectivity index (χ1v) is 10.0. The van der Waals surface area contributed by atoms with E-state index in [9.17, 15) is 9.59 Å². The number of carbonyl (C=O) groups excluding carboxylic acids is 2. The highest BCUT2D eigenvalue weighted by Gasteiger charge is 2.57. The van der Waals surface area contributed by atoms with Gasteiger partial charge in [-0.05, 0) is 12.8 Å². The molecule has 146 valence electrons. The van der Waals surface area contributed by atoms with Crippen molar-refractivity contribution in [3.8, 4) is 0 Å². The summed E-state index contributed by atoms with van der Waals surface area (Å²) in [6.45, 7) is 4.62. The van der Waals surface area contributed by atoms with Crippen LogP contribution in [-0.2, 0) is 23.1 Å². The van der Waals surface area contributed by atoms with E-state index in [0.717, 1.165) is 45.3 Å². The van der Waals surface area contributed by atoms with Crippen molar-refractivity contribution in [1.82, 2.24) is 24.5 Å². The maximum absolute atomic E-state index is 12.5. The van der Waals surface area contributed by atoms with Gasteiger partial charge in [-0.2, -0.15) is 5.10 Å². The number of carbonyl (C=O) groups is 2. The van der Waals surface area contributed by atoms with Crippen LogP contribution in [0.2, 0.25) is 0 Å². The molecule has 0 aromatic carbocycles. The molecule has 4 fully saturated rings. The van der Waals surface area contributed by atoms with Crippen molar-refractivity contribution in [2.24, 2.45) is 13.0 Å². The minimum atomic E-state index is -0.439. The second-order valence-electron chi connectivity index (χ2n) is 8.50. The molecule has 4 aliphatic rings. The summed E-state index contributed by atoms with van der Waals surface area (Å²) in [5.74, 6) is 0.555. The number of fused-ring (bicyclic) bond motifs is 2. The van der Waals surface area contributed by atoms with Crippen LogP contribution in [0.15, 0.2) is 12.4 Å². The standard InChI is InChI=1S/C19H27N5O3/c1-21-11-14(10-20-21)12-22-8-9-24-16(13-22)19(27-18(24)26)4-6-23(7-5-19)17(25)15-2-3-15/h10-11,15-16H,2-9,12-13H2,1H3. The molecule has 0 bridgehead atoms. The average molecular weight is 373 g/mol. The Morgan fingerprint density at radius 3 is 2.70 bits per heavy atom. The number of likely N-dealkylation sites (tertiary alicyclic amines) is 1. The van der Waals surface area contributed by atoms with E-state index >= 15 is 0 Å². The lowest BCUT2D eigenvalue weighted by Crippen LogP contribution is -2.60. The fourth-order valence-electron chi connectivity index (χ4n) is 4.89. The van der Waals surface area contributed by atoms with E-state index in [1.54, 1.807) is 0 Å². The summed E-state index contributed by atoms with van der Waals surface area (Å²) in [5.41, 5.74) is 0.750. The van der Waals surface area contributed by atoms with Crippen LogP contribution in [-0.4, -0.2) is 80.8 Å². The lowest BCUT2D eigenvalue weighted by Gasteiger charge is -2.45. The minimum absolute atomic E-state index is 0.0774. The molecule has 1 aromatic rings. The number of ether oxygens (including phenoxy) is 1. The Hall–Kier alpha value is -2.09. The Morgan fingerprint density at radius 2 is 2.04 bits per heavy atom. The van der Waals surface area contributed by atoms with E-state index in [1.165, 1.54) is 5.56 Å². The van der Waals surface area contributed by atoms with Gasteiger partial charge in [0.15, 0.2) is 0 Å². The molecule has 4 heterocycles. The number of rotatable bonds is 3.